The molecule has 7 nitrogen and oxygen atoms in total. The van der Waals surface area contributed by atoms with Crippen LogP contribution in [0.3, 0.4) is 0 Å². The van der Waals surface area contributed by atoms with E-state index >= 15 is 0 Å². The van der Waals surface area contributed by atoms with Gasteiger partial charge in [0.25, 0.3) is 5.91 Å². The van der Waals surface area contributed by atoms with Gasteiger partial charge in [0.05, 0.1) is 12.1 Å². The van der Waals surface area contributed by atoms with Crippen molar-refractivity contribution in [2.75, 3.05) is 13.1 Å². The van der Waals surface area contributed by atoms with Gasteiger partial charge in [-0.1, -0.05) is 48.5 Å². The van der Waals surface area contributed by atoms with E-state index in [9.17, 15) is 9.59 Å². The van der Waals surface area contributed by atoms with Crippen molar-refractivity contribution in [1.29, 1.82) is 0 Å². The summed E-state index contributed by atoms with van der Waals surface area (Å²) in [6, 6.07) is 19.4. The van der Waals surface area contributed by atoms with Crippen LogP contribution >= 0.6 is 0 Å². The molecule has 7 heteroatoms. The van der Waals surface area contributed by atoms with E-state index in [4.69, 9.17) is 0 Å². The first kappa shape index (κ1) is 19.4. The van der Waals surface area contributed by atoms with Crippen molar-refractivity contribution in [3.8, 4) is 11.3 Å². The predicted octanol–water partition coefficient (Wildman–Crippen LogP) is 3.04. The summed E-state index contributed by atoms with van der Waals surface area (Å²) in [5, 5.41) is 13.8. The molecule has 2 aromatic carbocycles. The number of hydrogen-bond acceptors (Lipinski definition) is 3. The number of aromatic amines is 2. The minimum absolute atomic E-state index is 0.0362. The van der Waals surface area contributed by atoms with Crippen LogP contribution in [0.5, 0.6) is 0 Å². The summed E-state index contributed by atoms with van der Waals surface area (Å²) in [5.74, 6) is -0.274. The van der Waals surface area contributed by atoms with Crippen LogP contribution < -0.4 is 10.6 Å². The van der Waals surface area contributed by atoms with Crippen LogP contribution in [0.1, 0.15) is 22.5 Å². The van der Waals surface area contributed by atoms with Crippen LogP contribution in [0, 0.1) is 0 Å². The standard InChI is InChI=1S/C23H23N5O2/c29-22(13-17-15-26-19-10-5-4-9-18(17)19)24-11-6-12-25-23(30)21-14-20(27-28-21)16-7-2-1-3-8-16/h1-5,7-10,14-15,26H,6,11-13H2,(H,24,29)(H,25,30)(H,27,28). The van der Waals surface area contributed by atoms with E-state index in [1.165, 1.54) is 0 Å². The number of benzene rings is 2. The molecule has 0 aliphatic carbocycles. The number of amides is 2. The molecule has 0 saturated carbocycles. The van der Waals surface area contributed by atoms with Crippen molar-refractivity contribution >= 4 is 22.7 Å². The van der Waals surface area contributed by atoms with Crippen molar-refractivity contribution in [2.45, 2.75) is 12.8 Å². The number of hydrogen-bond donors (Lipinski definition) is 4. The summed E-state index contributed by atoms with van der Waals surface area (Å²) in [6.07, 6.45) is 2.84. The number of H-pyrrole nitrogens is 2. The Labute approximate surface area is 173 Å². The molecule has 152 valence electrons. The Morgan fingerprint density at radius 3 is 2.57 bits per heavy atom. The first-order valence-corrected chi connectivity index (χ1v) is 9.91. The highest BCUT2D eigenvalue weighted by atomic mass is 16.2. The van der Waals surface area contributed by atoms with Gasteiger partial charge in [-0.25, -0.2) is 0 Å². The number of rotatable bonds is 8. The van der Waals surface area contributed by atoms with E-state index in [1.807, 2.05) is 60.8 Å². The van der Waals surface area contributed by atoms with E-state index < -0.39 is 0 Å². The highest BCUT2D eigenvalue weighted by Gasteiger charge is 2.11. The van der Waals surface area contributed by atoms with Gasteiger partial charge in [0.1, 0.15) is 0 Å². The zero-order valence-corrected chi connectivity index (χ0v) is 16.4. The van der Waals surface area contributed by atoms with Crippen LogP contribution in [-0.2, 0) is 11.2 Å². The highest BCUT2D eigenvalue weighted by molar-refractivity contribution is 5.93. The molecule has 4 aromatic rings. The molecule has 4 rings (SSSR count). The van der Waals surface area contributed by atoms with E-state index in [0.29, 0.717) is 31.6 Å². The van der Waals surface area contributed by atoms with Gasteiger partial charge in [0.15, 0.2) is 5.69 Å². The summed E-state index contributed by atoms with van der Waals surface area (Å²) in [5.41, 5.74) is 4.12. The van der Waals surface area contributed by atoms with E-state index in [1.54, 1.807) is 6.07 Å². The first-order valence-electron chi connectivity index (χ1n) is 9.91. The van der Waals surface area contributed by atoms with Gasteiger partial charge in [0, 0.05) is 30.2 Å². The fourth-order valence-corrected chi connectivity index (χ4v) is 3.33. The number of carbonyl (C=O) groups is 2. The maximum Gasteiger partial charge on any atom is 0.271 e. The molecule has 0 radical (unpaired) electrons. The number of carbonyl (C=O) groups excluding carboxylic acids is 2. The predicted molar refractivity (Wildman–Crippen MR) is 116 cm³/mol. The Morgan fingerprint density at radius 1 is 0.933 bits per heavy atom. The van der Waals surface area contributed by atoms with Gasteiger partial charge in [-0.05, 0) is 29.7 Å². The average molecular weight is 401 g/mol. The van der Waals surface area contributed by atoms with E-state index in [-0.39, 0.29) is 11.8 Å². The third kappa shape index (κ3) is 4.57. The van der Waals surface area contributed by atoms with E-state index in [0.717, 1.165) is 27.7 Å². The third-order valence-corrected chi connectivity index (χ3v) is 4.88. The van der Waals surface area contributed by atoms with Gasteiger partial charge >= 0.3 is 0 Å². The molecule has 0 bridgehead atoms. The summed E-state index contributed by atoms with van der Waals surface area (Å²) in [6.45, 7) is 0.955. The molecule has 0 spiro atoms. The molecular weight excluding hydrogens is 378 g/mol. The lowest BCUT2D eigenvalue weighted by atomic mass is 10.1. The van der Waals surface area contributed by atoms with Crippen LogP contribution in [0.2, 0.25) is 0 Å². The van der Waals surface area contributed by atoms with Crippen molar-refractivity contribution < 1.29 is 9.59 Å². The van der Waals surface area contributed by atoms with Gasteiger partial charge in [-0.15, -0.1) is 0 Å². The minimum Gasteiger partial charge on any atom is -0.361 e. The molecule has 0 unspecified atom stereocenters. The number of para-hydroxylation sites is 1. The lowest BCUT2D eigenvalue weighted by molar-refractivity contribution is -0.120. The fraction of sp³-hybridized carbons (Fsp3) is 0.174. The van der Waals surface area contributed by atoms with Crippen molar-refractivity contribution in [1.82, 2.24) is 25.8 Å². The van der Waals surface area contributed by atoms with E-state index in [2.05, 4.69) is 25.8 Å². The maximum atomic E-state index is 12.2. The second kappa shape index (κ2) is 9.09. The van der Waals surface area contributed by atoms with Crippen molar-refractivity contribution in [2.24, 2.45) is 0 Å². The minimum atomic E-state index is -0.237. The maximum absolute atomic E-state index is 12.2. The lowest BCUT2D eigenvalue weighted by Crippen LogP contribution is -2.30. The SMILES string of the molecule is O=C(Cc1c[nH]c2ccccc12)NCCCNC(=O)c1cc(-c2ccccc2)[nH]n1. The fourth-order valence-electron chi connectivity index (χ4n) is 3.33. The van der Waals surface area contributed by atoms with Crippen LogP contribution in [0.25, 0.3) is 22.2 Å². The molecule has 2 heterocycles. The second-order valence-corrected chi connectivity index (χ2v) is 7.03. The number of aromatic nitrogens is 3. The van der Waals surface area contributed by atoms with Crippen LogP contribution in [0.4, 0.5) is 0 Å². The Kier molecular flexibility index (Phi) is 5.89. The smallest absolute Gasteiger partial charge is 0.271 e. The summed E-state index contributed by atoms with van der Waals surface area (Å²) < 4.78 is 0. The van der Waals surface area contributed by atoms with Gasteiger partial charge in [-0.2, -0.15) is 5.10 Å². The molecule has 0 fully saturated rings. The zero-order valence-electron chi connectivity index (χ0n) is 16.4. The van der Waals surface area contributed by atoms with Gasteiger partial charge < -0.3 is 15.6 Å². The Balaban J connectivity index is 1.18. The molecular formula is C23H23N5O2. The average Bonchev–Trinajstić information content (AvgIpc) is 3.42. The van der Waals surface area contributed by atoms with Gasteiger partial charge in [-0.3, -0.25) is 14.7 Å². The quantitative estimate of drug-likeness (QED) is 0.341. The molecule has 0 aliphatic heterocycles. The topological polar surface area (TPSA) is 103 Å². The Hall–Kier alpha value is -3.87. The van der Waals surface area contributed by atoms with Crippen LogP contribution in [0.15, 0.2) is 66.9 Å². The molecule has 4 N–H and O–H groups in total. The largest absolute Gasteiger partial charge is 0.361 e. The normalized spacial score (nSPS) is 10.8. The Morgan fingerprint density at radius 2 is 1.70 bits per heavy atom. The van der Waals surface area contributed by atoms with Crippen LogP contribution in [-0.4, -0.2) is 40.1 Å². The number of nitrogens with one attached hydrogen (secondary N) is 4. The van der Waals surface area contributed by atoms with Gasteiger partial charge in [0.2, 0.25) is 5.91 Å². The molecule has 0 aliphatic rings. The Bertz CT molecular complexity index is 1150. The summed E-state index contributed by atoms with van der Waals surface area (Å²) in [7, 11) is 0. The highest BCUT2D eigenvalue weighted by Crippen LogP contribution is 2.18. The third-order valence-electron chi connectivity index (χ3n) is 4.88. The van der Waals surface area contributed by atoms with Crippen molar-refractivity contribution in [3.05, 3.63) is 78.1 Å². The molecule has 0 atom stereocenters. The monoisotopic (exact) mass is 401 g/mol. The number of nitrogens with zero attached hydrogens (tertiary/aromatic N) is 1. The zero-order chi connectivity index (χ0) is 20.8. The second-order valence-electron chi connectivity index (χ2n) is 7.03. The lowest BCUT2D eigenvalue weighted by Gasteiger charge is -2.06. The first-order chi connectivity index (χ1) is 14.7. The molecule has 2 amide bonds. The summed E-state index contributed by atoms with van der Waals surface area (Å²) in [4.78, 5) is 27.6. The number of fused-ring (bicyclic) bond motifs is 1. The molecule has 30 heavy (non-hydrogen) atoms. The van der Waals surface area contributed by atoms with Crippen molar-refractivity contribution in [3.63, 3.8) is 0 Å². The summed E-state index contributed by atoms with van der Waals surface area (Å²) >= 11 is 0. The molecule has 0 saturated heterocycles. The molecule has 2 aromatic heterocycles.